The summed E-state index contributed by atoms with van der Waals surface area (Å²) >= 11 is 1.59. The van der Waals surface area contributed by atoms with Crippen LogP contribution in [0.1, 0.15) is 13.3 Å². The van der Waals surface area contributed by atoms with Gasteiger partial charge in [0.05, 0.1) is 6.61 Å². The van der Waals surface area contributed by atoms with E-state index in [4.69, 9.17) is 5.73 Å². The molecule has 0 aromatic rings. The van der Waals surface area contributed by atoms with Crippen molar-refractivity contribution in [2.24, 2.45) is 5.73 Å². The van der Waals surface area contributed by atoms with E-state index in [1.165, 1.54) is 0 Å². The van der Waals surface area contributed by atoms with Crippen molar-refractivity contribution in [2.75, 3.05) is 18.6 Å². The molecule has 0 aromatic heterocycles. The molecule has 0 bridgehead atoms. The monoisotopic (exact) mass is 220 g/mol. The van der Waals surface area contributed by atoms with Gasteiger partial charge in [-0.1, -0.05) is 0 Å². The maximum absolute atomic E-state index is 11.0. The van der Waals surface area contributed by atoms with Crippen LogP contribution in [0.3, 0.4) is 0 Å². The molecular formula is C8H16N2O3S. The number of carbonyl (C=O) groups excluding carboxylic acids is 2. The first-order chi connectivity index (χ1) is 6.61. The molecule has 0 aliphatic carbocycles. The molecule has 0 heterocycles. The van der Waals surface area contributed by atoms with Crippen LogP contribution >= 0.6 is 11.8 Å². The lowest BCUT2D eigenvalue weighted by molar-refractivity contribution is -0.119. The van der Waals surface area contributed by atoms with Gasteiger partial charge < -0.3 is 15.8 Å². The van der Waals surface area contributed by atoms with Crippen LogP contribution in [0.5, 0.6) is 0 Å². The molecule has 0 aliphatic rings. The van der Waals surface area contributed by atoms with Crippen molar-refractivity contribution < 1.29 is 14.3 Å². The zero-order valence-electron chi connectivity index (χ0n) is 8.41. The predicted octanol–water partition coefficient (Wildman–Crippen LogP) is 0.340. The Bertz CT molecular complexity index is 199. The minimum atomic E-state index is -0.638. The summed E-state index contributed by atoms with van der Waals surface area (Å²) in [5.41, 5.74) is 5.10. The minimum Gasteiger partial charge on any atom is -0.450 e. The third-order valence-electron chi connectivity index (χ3n) is 1.52. The fourth-order valence-corrected chi connectivity index (χ4v) is 1.31. The van der Waals surface area contributed by atoms with Crippen molar-refractivity contribution in [3.05, 3.63) is 0 Å². The smallest absolute Gasteiger partial charge is 0.407 e. The Morgan fingerprint density at radius 1 is 1.57 bits per heavy atom. The molecule has 2 amide bonds. The molecule has 3 N–H and O–H groups in total. The summed E-state index contributed by atoms with van der Waals surface area (Å²) < 4.78 is 4.64. The van der Waals surface area contributed by atoms with Gasteiger partial charge >= 0.3 is 6.09 Å². The molecule has 0 saturated heterocycles. The van der Waals surface area contributed by atoms with Crippen molar-refractivity contribution in [1.82, 2.24) is 5.32 Å². The quantitative estimate of drug-likeness (QED) is 0.676. The summed E-state index contributed by atoms with van der Waals surface area (Å²) in [6.07, 6.45) is 1.84. The number of amides is 2. The Labute approximate surface area is 87.7 Å². The molecule has 0 saturated carbocycles. The molecule has 0 unspecified atom stereocenters. The van der Waals surface area contributed by atoms with E-state index in [-0.39, 0.29) is 6.61 Å². The summed E-state index contributed by atoms with van der Waals surface area (Å²) in [4.78, 5) is 21.9. The van der Waals surface area contributed by atoms with Gasteiger partial charge in [-0.25, -0.2) is 4.79 Å². The fraction of sp³-hybridized carbons (Fsp3) is 0.750. The number of hydrogen-bond donors (Lipinski definition) is 2. The number of primary amides is 1. The highest BCUT2D eigenvalue weighted by molar-refractivity contribution is 7.98. The summed E-state index contributed by atoms with van der Waals surface area (Å²) in [6.45, 7) is 1.97. The van der Waals surface area contributed by atoms with Crippen LogP contribution in [0, 0.1) is 0 Å². The average Bonchev–Trinajstić information content (AvgIpc) is 2.12. The first-order valence-corrected chi connectivity index (χ1v) is 5.72. The van der Waals surface area contributed by atoms with Crippen molar-refractivity contribution in [2.45, 2.75) is 19.4 Å². The molecule has 6 heteroatoms. The van der Waals surface area contributed by atoms with Gasteiger partial charge in [-0.15, -0.1) is 0 Å². The van der Waals surface area contributed by atoms with Crippen LogP contribution in [0.25, 0.3) is 0 Å². The number of carbonyl (C=O) groups is 2. The molecule has 5 nitrogen and oxygen atoms in total. The van der Waals surface area contributed by atoms with Gasteiger partial charge in [0, 0.05) is 0 Å². The van der Waals surface area contributed by atoms with E-state index in [9.17, 15) is 9.59 Å². The van der Waals surface area contributed by atoms with Crippen LogP contribution in [-0.2, 0) is 9.53 Å². The van der Waals surface area contributed by atoms with E-state index < -0.39 is 18.0 Å². The SMILES string of the molecule is CCOC(=O)N[C@H](CCSC)C(N)=O. The highest BCUT2D eigenvalue weighted by atomic mass is 32.2. The second kappa shape index (κ2) is 7.49. The van der Waals surface area contributed by atoms with Gasteiger partial charge in [0.2, 0.25) is 5.91 Å². The zero-order chi connectivity index (χ0) is 11.0. The number of alkyl carbamates (subject to hydrolysis) is 1. The largest absolute Gasteiger partial charge is 0.450 e. The Kier molecular flexibility index (Phi) is 7.00. The molecule has 14 heavy (non-hydrogen) atoms. The minimum absolute atomic E-state index is 0.278. The molecule has 0 rings (SSSR count). The third kappa shape index (κ3) is 5.69. The van der Waals surface area contributed by atoms with Crippen molar-refractivity contribution >= 4 is 23.8 Å². The lowest BCUT2D eigenvalue weighted by atomic mass is 10.2. The summed E-state index contributed by atoms with van der Waals surface area (Å²) in [5, 5.41) is 2.40. The van der Waals surface area contributed by atoms with E-state index >= 15 is 0 Å². The topological polar surface area (TPSA) is 81.4 Å². The van der Waals surface area contributed by atoms with E-state index in [1.807, 2.05) is 6.26 Å². The molecule has 0 spiro atoms. The van der Waals surface area contributed by atoms with E-state index in [1.54, 1.807) is 18.7 Å². The number of thioether (sulfide) groups is 1. The summed E-state index contributed by atoms with van der Waals surface area (Å²) in [5.74, 6) is 0.229. The third-order valence-corrected chi connectivity index (χ3v) is 2.17. The number of nitrogens with two attached hydrogens (primary N) is 1. The van der Waals surface area contributed by atoms with E-state index in [2.05, 4.69) is 10.1 Å². The van der Waals surface area contributed by atoms with Crippen LogP contribution < -0.4 is 11.1 Å². The maximum Gasteiger partial charge on any atom is 0.407 e. The number of rotatable bonds is 6. The highest BCUT2D eigenvalue weighted by Gasteiger charge is 2.17. The van der Waals surface area contributed by atoms with Gasteiger partial charge in [0.15, 0.2) is 0 Å². The van der Waals surface area contributed by atoms with Gasteiger partial charge in [-0.3, -0.25) is 4.79 Å². The molecule has 0 aliphatic heterocycles. The Morgan fingerprint density at radius 2 is 2.21 bits per heavy atom. The molecular weight excluding hydrogens is 204 g/mol. The van der Waals surface area contributed by atoms with Gasteiger partial charge in [-0.2, -0.15) is 11.8 Å². The van der Waals surface area contributed by atoms with Crippen LogP contribution in [0.4, 0.5) is 4.79 Å². The van der Waals surface area contributed by atoms with Crippen molar-refractivity contribution in [3.63, 3.8) is 0 Å². The summed E-state index contributed by atoms with van der Waals surface area (Å²) in [6, 6.07) is -0.638. The molecule has 82 valence electrons. The highest BCUT2D eigenvalue weighted by Crippen LogP contribution is 2.00. The molecule has 0 radical (unpaired) electrons. The Balaban J connectivity index is 3.95. The second-order valence-electron chi connectivity index (χ2n) is 2.60. The van der Waals surface area contributed by atoms with Crippen LogP contribution in [0.15, 0.2) is 0 Å². The van der Waals surface area contributed by atoms with Crippen molar-refractivity contribution in [1.29, 1.82) is 0 Å². The molecule has 0 fully saturated rings. The first-order valence-electron chi connectivity index (χ1n) is 4.33. The van der Waals surface area contributed by atoms with Gasteiger partial charge in [0.1, 0.15) is 6.04 Å². The Hall–Kier alpha value is -0.910. The second-order valence-corrected chi connectivity index (χ2v) is 3.59. The average molecular weight is 220 g/mol. The van der Waals surface area contributed by atoms with Gasteiger partial charge in [0.25, 0.3) is 0 Å². The normalized spacial score (nSPS) is 11.9. The van der Waals surface area contributed by atoms with E-state index in [0.717, 1.165) is 5.75 Å². The van der Waals surface area contributed by atoms with Crippen molar-refractivity contribution in [3.8, 4) is 0 Å². The number of nitrogens with one attached hydrogen (secondary N) is 1. The lowest BCUT2D eigenvalue weighted by Crippen LogP contribution is -2.45. The van der Waals surface area contributed by atoms with Crippen LogP contribution in [-0.4, -0.2) is 36.7 Å². The van der Waals surface area contributed by atoms with E-state index in [0.29, 0.717) is 6.42 Å². The Morgan fingerprint density at radius 3 is 2.64 bits per heavy atom. The molecule has 1 atom stereocenters. The standard InChI is InChI=1S/C8H16N2O3S/c1-3-13-8(12)10-6(7(9)11)4-5-14-2/h6H,3-5H2,1-2H3,(H2,9,11)(H,10,12)/t6-/m1/s1. The van der Waals surface area contributed by atoms with Gasteiger partial charge in [-0.05, 0) is 25.4 Å². The van der Waals surface area contributed by atoms with Crippen LogP contribution in [0.2, 0.25) is 0 Å². The first kappa shape index (κ1) is 13.1. The lowest BCUT2D eigenvalue weighted by Gasteiger charge is -2.14. The molecule has 0 aromatic carbocycles. The number of ether oxygens (including phenoxy) is 1. The zero-order valence-corrected chi connectivity index (χ0v) is 9.23. The predicted molar refractivity (Wildman–Crippen MR) is 56.1 cm³/mol. The maximum atomic E-state index is 11.0. The fourth-order valence-electron chi connectivity index (χ4n) is 0.836. The summed E-state index contributed by atoms with van der Waals surface area (Å²) in [7, 11) is 0. The number of hydrogen-bond acceptors (Lipinski definition) is 4.